The van der Waals surface area contributed by atoms with Crippen LogP contribution in [0.15, 0.2) is 40.8 Å². The van der Waals surface area contributed by atoms with Crippen molar-refractivity contribution in [1.82, 2.24) is 29.2 Å². The van der Waals surface area contributed by atoms with Crippen molar-refractivity contribution >= 4 is 46.7 Å². The van der Waals surface area contributed by atoms with Gasteiger partial charge in [0, 0.05) is 62.4 Å². The van der Waals surface area contributed by atoms with Crippen molar-refractivity contribution < 1.29 is 23.9 Å². The van der Waals surface area contributed by atoms with Crippen LogP contribution in [0.25, 0.3) is 22.6 Å². The Morgan fingerprint density at radius 1 is 1.00 bits per heavy atom. The van der Waals surface area contributed by atoms with E-state index in [-0.39, 0.29) is 11.8 Å². The number of carbonyl (C=O) groups is 3. The summed E-state index contributed by atoms with van der Waals surface area (Å²) >= 11 is 14.0. The second kappa shape index (κ2) is 14.9. The van der Waals surface area contributed by atoms with E-state index >= 15 is 0 Å². The summed E-state index contributed by atoms with van der Waals surface area (Å²) in [5.41, 5.74) is 4.27. The molecular formula is C39H45Cl2N7O5. The number of rotatable bonds is 10. The van der Waals surface area contributed by atoms with Crippen LogP contribution in [-0.4, -0.2) is 84.8 Å². The third-order valence-electron chi connectivity index (χ3n) is 11.4. The number of benzene rings is 2. The lowest BCUT2D eigenvalue weighted by Gasteiger charge is -2.41. The van der Waals surface area contributed by atoms with E-state index in [1.165, 1.54) is 0 Å². The monoisotopic (exact) mass is 761 g/mol. The Kier molecular flexibility index (Phi) is 10.4. The molecule has 0 radical (unpaired) electrons. The minimum Gasteiger partial charge on any atom is -0.481 e. The van der Waals surface area contributed by atoms with Gasteiger partial charge in [0.25, 0.3) is 5.91 Å². The van der Waals surface area contributed by atoms with Gasteiger partial charge in [-0.3, -0.25) is 19.3 Å². The van der Waals surface area contributed by atoms with Gasteiger partial charge >= 0.3 is 5.97 Å². The van der Waals surface area contributed by atoms with Gasteiger partial charge in [-0.15, -0.1) is 0 Å². The van der Waals surface area contributed by atoms with E-state index in [0.29, 0.717) is 101 Å². The van der Waals surface area contributed by atoms with Crippen molar-refractivity contribution in [1.29, 1.82) is 0 Å². The zero-order valence-corrected chi connectivity index (χ0v) is 32.1. The van der Waals surface area contributed by atoms with Crippen molar-refractivity contribution in [2.45, 2.75) is 78.0 Å². The minimum atomic E-state index is -0.720. The second-order valence-electron chi connectivity index (χ2n) is 14.8. The zero-order valence-electron chi connectivity index (χ0n) is 30.5. The Hall–Kier alpha value is -4.23. The summed E-state index contributed by atoms with van der Waals surface area (Å²) < 4.78 is 8.00. The summed E-state index contributed by atoms with van der Waals surface area (Å²) in [6.07, 6.45) is 4.17. The molecule has 4 heterocycles. The molecule has 7 rings (SSSR count). The first-order chi connectivity index (χ1) is 25.4. The Bertz CT molecular complexity index is 2040. The van der Waals surface area contributed by atoms with Crippen LogP contribution in [0.5, 0.6) is 0 Å². The highest BCUT2D eigenvalue weighted by Gasteiger charge is 2.40. The number of carboxylic acid groups (broad SMARTS) is 1. The predicted molar refractivity (Wildman–Crippen MR) is 203 cm³/mol. The predicted octanol–water partition coefficient (Wildman–Crippen LogP) is 6.88. The van der Waals surface area contributed by atoms with Gasteiger partial charge in [0.15, 0.2) is 5.82 Å². The van der Waals surface area contributed by atoms with Gasteiger partial charge in [-0.05, 0) is 58.3 Å². The third-order valence-corrected chi connectivity index (χ3v) is 12.2. The first-order valence-electron chi connectivity index (χ1n) is 18.2. The number of oxazole rings is 1. The van der Waals surface area contributed by atoms with Crippen LogP contribution in [0.4, 0.5) is 5.69 Å². The number of imidazole rings is 1. The standard InChI is InChI=1S/C39H45Cl2N7O5/c1-5-45(3)18-15-32(49)48-21-29-31(22-48)53-37(44-29)26-10-6-8-24(33(26)40)25-9-7-11-27(34(25)41)43-36(50)35-42-28-20-47(19-14-30(28)46(35)4)23-12-16-39(2,17-13-23)38(51)52/h6-11,23H,5,12-22H2,1-4H3,(H,43,50)(H,51,52). The molecule has 3 aliphatic rings. The fraction of sp³-hybridized carbons (Fsp3) is 0.462. The van der Waals surface area contributed by atoms with Crippen LogP contribution >= 0.6 is 23.2 Å². The molecular weight excluding hydrogens is 717 g/mol. The Morgan fingerprint density at radius 3 is 2.40 bits per heavy atom. The Labute approximate surface area is 319 Å². The Balaban J connectivity index is 1.04. The molecule has 0 bridgehead atoms. The summed E-state index contributed by atoms with van der Waals surface area (Å²) in [6, 6.07) is 11.2. The molecule has 1 aliphatic carbocycles. The quantitative estimate of drug-likeness (QED) is 0.177. The maximum atomic E-state index is 13.7. The molecule has 0 saturated heterocycles. The first-order valence-corrected chi connectivity index (χ1v) is 19.0. The number of halogens is 2. The molecule has 2 aromatic heterocycles. The first kappa shape index (κ1) is 37.1. The summed E-state index contributed by atoms with van der Waals surface area (Å²) in [7, 11) is 3.85. The van der Waals surface area contributed by atoms with Crippen LogP contribution in [0.3, 0.4) is 0 Å². The number of nitrogens with one attached hydrogen (secondary N) is 1. The number of nitrogens with zero attached hydrogens (tertiary/aromatic N) is 6. The molecule has 2 N–H and O–H groups in total. The smallest absolute Gasteiger partial charge is 0.309 e. The van der Waals surface area contributed by atoms with Crippen molar-refractivity contribution in [3.8, 4) is 22.6 Å². The maximum Gasteiger partial charge on any atom is 0.309 e. The second-order valence-corrected chi connectivity index (χ2v) is 15.5. The van der Waals surface area contributed by atoms with Gasteiger partial charge in [-0.25, -0.2) is 9.97 Å². The number of hydrogen-bond acceptors (Lipinski definition) is 8. The van der Waals surface area contributed by atoms with Crippen molar-refractivity contribution in [3.05, 3.63) is 75.1 Å². The average molecular weight is 763 g/mol. The van der Waals surface area contributed by atoms with Gasteiger partial charge in [-0.1, -0.05) is 54.4 Å². The lowest BCUT2D eigenvalue weighted by Crippen LogP contribution is -2.44. The number of aliphatic carboxylic acids is 1. The number of amides is 2. The van der Waals surface area contributed by atoms with Crippen molar-refractivity contribution in [3.63, 3.8) is 0 Å². The lowest BCUT2D eigenvalue weighted by atomic mass is 9.73. The van der Waals surface area contributed by atoms with Crippen LogP contribution in [0, 0.1) is 5.41 Å². The molecule has 53 heavy (non-hydrogen) atoms. The van der Waals surface area contributed by atoms with Gasteiger partial charge in [-0.2, -0.15) is 0 Å². The maximum absolute atomic E-state index is 13.7. The summed E-state index contributed by atoms with van der Waals surface area (Å²) in [5, 5.41) is 13.3. The largest absolute Gasteiger partial charge is 0.481 e. The molecule has 4 aromatic rings. The summed E-state index contributed by atoms with van der Waals surface area (Å²) in [5.74, 6) is 0.302. The van der Waals surface area contributed by atoms with Crippen molar-refractivity contribution in [2.75, 3.05) is 32.0 Å². The Morgan fingerprint density at radius 2 is 1.70 bits per heavy atom. The minimum absolute atomic E-state index is 0.0682. The van der Waals surface area contributed by atoms with E-state index in [4.69, 9.17) is 37.6 Å². The number of fused-ring (bicyclic) bond motifs is 2. The van der Waals surface area contributed by atoms with E-state index in [9.17, 15) is 19.5 Å². The van der Waals surface area contributed by atoms with Crippen molar-refractivity contribution in [2.24, 2.45) is 12.5 Å². The number of anilines is 1. The molecule has 14 heteroatoms. The number of hydrogen-bond donors (Lipinski definition) is 2. The molecule has 2 aliphatic heterocycles. The fourth-order valence-corrected chi connectivity index (χ4v) is 8.32. The normalized spacial score (nSPS) is 20.1. The van der Waals surface area contributed by atoms with Crippen LogP contribution in [0.2, 0.25) is 10.0 Å². The highest BCUT2D eigenvalue weighted by molar-refractivity contribution is 6.39. The molecule has 12 nitrogen and oxygen atoms in total. The number of aromatic nitrogens is 3. The van der Waals surface area contributed by atoms with Gasteiger partial charge < -0.3 is 29.2 Å². The van der Waals surface area contributed by atoms with E-state index in [2.05, 4.69) is 22.0 Å². The van der Waals surface area contributed by atoms with E-state index in [0.717, 1.165) is 49.4 Å². The topological polar surface area (TPSA) is 137 Å². The van der Waals surface area contributed by atoms with Gasteiger partial charge in [0.1, 0.15) is 11.5 Å². The molecule has 0 spiro atoms. The zero-order chi connectivity index (χ0) is 37.6. The highest BCUT2D eigenvalue weighted by Crippen LogP contribution is 2.43. The lowest BCUT2D eigenvalue weighted by molar-refractivity contribution is -0.150. The fourth-order valence-electron chi connectivity index (χ4n) is 7.74. The molecule has 0 unspecified atom stereocenters. The molecule has 2 amide bonds. The van der Waals surface area contributed by atoms with E-state index < -0.39 is 11.4 Å². The molecule has 2 aromatic carbocycles. The third kappa shape index (κ3) is 7.22. The number of carboxylic acids is 1. The average Bonchev–Trinajstić information content (AvgIpc) is 3.83. The SMILES string of the molecule is CCN(C)CCC(=O)N1Cc2nc(-c3cccc(-c4cccc(NC(=O)c5nc6c(n5C)CCN(C5CCC(C)(C(=O)O)CC5)C6)c4Cl)c3Cl)oc2C1. The molecule has 1 fully saturated rings. The van der Waals surface area contributed by atoms with E-state index in [1.807, 2.05) is 55.9 Å². The van der Waals surface area contributed by atoms with Gasteiger partial charge in [0.2, 0.25) is 11.8 Å². The van der Waals surface area contributed by atoms with Crippen LogP contribution in [-0.2, 0) is 42.7 Å². The molecule has 0 atom stereocenters. The summed E-state index contributed by atoms with van der Waals surface area (Å²) in [6.45, 7) is 7.71. The highest BCUT2D eigenvalue weighted by atomic mass is 35.5. The van der Waals surface area contributed by atoms with Gasteiger partial charge in [0.05, 0.1) is 45.5 Å². The number of carbonyl (C=O) groups excluding carboxylic acids is 2. The molecule has 1 saturated carbocycles. The summed E-state index contributed by atoms with van der Waals surface area (Å²) in [4.78, 5) is 53.9. The van der Waals surface area contributed by atoms with Crippen LogP contribution < -0.4 is 5.32 Å². The van der Waals surface area contributed by atoms with E-state index in [1.54, 1.807) is 11.0 Å². The van der Waals surface area contributed by atoms with Crippen LogP contribution in [0.1, 0.15) is 79.4 Å². The molecule has 280 valence electrons.